The first-order valence-electron chi connectivity index (χ1n) is 9.94. The van der Waals surface area contributed by atoms with E-state index in [0.29, 0.717) is 31.9 Å². The van der Waals surface area contributed by atoms with Crippen LogP contribution in [0.4, 0.5) is 0 Å². The highest BCUT2D eigenvalue weighted by Gasteiger charge is 2.31. The van der Waals surface area contributed by atoms with Crippen molar-refractivity contribution >= 4 is 23.6 Å². The predicted molar refractivity (Wildman–Crippen MR) is 110 cm³/mol. The molecular weight excluding hydrogens is 372 g/mol. The third-order valence-corrected chi connectivity index (χ3v) is 6.38. The highest BCUT2D eigenvalue weighted by Crippen LogP contribution is 2.27. The summed E-state index contributed by atoms with van der Waals surface area (Å²) in [5.41, 5.74) is 1.51. The van der Waals surface area contributed by atoms with Gasteiger partial charge in [0.15, 0.2) is 5.16 Å². The van der Waals surface area contributed by atoms with Crippen LogP contribution in [0.1, 0.15) is 36.2 Å². The zero-order valence-corrected chi connectivity index (χ0v) is 17.0. The lowest BCUT2D eigenvalue weighted by molar-refractivity contribution is -0.136. The minimum atomic E-state index is -0.0235. The van der Waals surface area contributed by atoms with E-state index in [9.17, 15) is 9.59 Å². The second-order valence-electron chi connectivity index (χ2n) is 7.40. The van der Waals surface area contributed by atoms with Gasteiger partial charge in [-0.15, -0.1) is 0 Å². The van der Waals surface area contributed by atoms with Crippen LogP contribution in [0.2, 0.25) is 0 Å². The summed E-state index contributed by atoms with van der Waals surface area (Å²) in [4.78, 5) is 34.1. The molecular formula is C21H26N4O2S. The van der Waals surface area contributed by atoms with Crippen LogP contribution in [0, 0.1) is 5.92 Å². The third kappa shape index (κ3) is 3.68. The zero-order valence-electron chi connectivity index (χ0n) is 16.2. The van der Waals surface area contributed by atoms with E-state index in [2.05, 4.69) is 4.98 Å². The fourth-order valence-corrected chi connectivity index (χ4v) is 4.72. The molecule has 2 fully saturated rings. The molecule has 0 N–H and O–H groups in total. The van der Waals surface area contributed by atoms with Crippen LogP contribution in [0.25, 0.3) is 5.69 Å². The van der Waals surface area contributed by atoms with Gasteiger partial charge in [-0.3, -0.25) is 14.2 Å². The molecule has 2 aliphatic rings. The largest absolute Gasteiger partial charge is 0.339 e. The van der Waals surface area contributed by atoms with E-state index in [-0.39, 0.29) is 17.7 Å². The van der Waals surface area contributed by atoms with Gasteiger partial charge in [0.25, 0.3) is 5.91 Å². The van der Waals surface area contributed by atoms with Crippen molar-refractivity contribution in [1.82, 2.24) is 19.4 Å². The number of rotatable bonds is 4. The molecule has 28 heavy (non-hydrogen) atoms. The van der Waals surface area contributed by atoms with E-state index in [4.69, 9.17) is 0 Å². The van der Waals surface area contributed by atoms with Crippen molar-refractivity contribution in [3.63, 3.8) is 0 Å². The summed E-state index contributed by atoms with van der Waals surface area (Å²) in [7, 11) is 0. The molecule has 1 aliphatic carbocycles. The number of nitrogens with zero attached hydrogens (tertiary/aromatic N) is 4. The summed E-state index contributed by atoms with van der Waals surface area (Å²) in [5, 5.41) is 0.796. The van der Waals surface area contributed by atoms with Gasteiger partial charge in [-0.2, -0.15) is 0 Å². The smallest absolute Gasteiger partial charge is 0.272 e. The quantitative estimate of drug-likeness (QED) is 0.743. The fraction of sp³-hybridized carbons (Fsp3) is 0.476. The second kappa shape index (κ2) is 8.39. The van der Waals surface area contributed by atoms with Crippen LogP contribution in [0.15, 0.2) is 41.7 Å². The lowest BCUT2D eigenvalue weighted by atomic mass is 10.1. The molecule has 4 rings (SSSR count). The summed E-state index contributed by atoms with van der Waals surface area (Å²) in [5.74, 6) is 0.458. The Labute approximate surface area is 169 Å². The first-order valence-corrected chi connectivity index (χ1v) is 11.2. The minimum Gasteiger partial charge on any atom is -0.339 e. The molecule has 1 saturated carbocycles. The molecule has 0 spiro atoms. The Balaban J connectivity index is 1.47. The average molecular weight is 399 g/mol. The Morgan fingerprint density at radius 3 is 2.29 bits per heavy atom. The molecule has 1 aromatic heterocycles. The van der Waals surface area contributed by atoms with Crippen molar-refractivity contribution in [1.29, 1.82) is 0 Å². The SMILES string of the molecule is CSc1ncc(C(=O)N2CCN(C(=O)C3CCCC3)CC2)n1-c1ccccc1. The lowest BCUT2D eigenvalue weighted by Gasteiger charge is -2.36. The number of thioether (sulfide) groups is 1. The monoisotopic (exact) mass is 398 g/mol. The van der Waals surface area contributed by atoms with Gasteiger partial charge in [-0.05, 0) is 31.2 Å². The summed E-state index contributed by atoms with van der Waals surface area (Å²) >= 11 is 1.52. The number of carbonyl (C=O) groups is 2. The fourth-order valence-electron chi connectivity index (χ4n) is 4.18. The standard InChI is InChI=1S/C21H26N4O2S/c1-28-21-22-15-18(25(21)17-9-3-2-4-10-17)20(27)24-13-11-23(12-14-24)19(26)16-7-5-6-8-16/h2-4,9-10,15-16H,5-8,11-14H2,1H3. The normalized spacial score (nSPS) is 17.9. The molecule has 0 atom stereocenters. The highest BCUT2D eigenvalue weighted by atomic mass is 32.2. The van der Waals surface area contributed by atoms with Gasteiger partial charge in [-0.1, -0.05) is 42.8 Å². The maximum absolute atomic E-state index is 13.2. The van der Waals surface area contributed by atoms with E-state index in [1.165, 1.54) is 11.8 Å². The first-order chi connectivity index (χ1) is 13.7. The van der Waals surface area contributed by atoms with E-state index >= 15 is 0 Å². The Morgan fingerprint density at radius 2 is 1.64 bits per heavy atom. The van der Waals surface area contributed by atoms with Crippen LogP contribution < -0.4 is 0 Å². The molecule has 2 amide bonds. The Kier molecular flexibility index (Phi) is 5.71. The first kappa shape index (κ1) is 19.1. The average Bonchev–Trinajstić information content (AvgIpc) is 3.43. The molecule has 2 heterocycles. The van der Waals surface area contributed by atoms with E-state index in [0.717, 1.165) is 36.5 Å². The number of amides is 2. The van der Waals surface area contributed by atoms with Gasteiger partial charge in [0.1, 0.15) is 5.69 Å². The lowest BCUT2D eigenvalue weighted by Crippen LogP contribution is -2.52. The summed E-state index contributed by atoms with van der Waals surface area (Å²) in [6, 6.07) is 9.84. The number of hydrogen-bond donors (Lipinski definition) is 0. The van der Waals surface area contributed by atoms with Crippen molar-refractivity contribution in [2.75, 3.05) is 32.4 Å². The molecule has 2 aromatic rings. The van der Waals surface area contributed by atoms with Gasteiger partial charge in [-0.25, -0.2) is 4.98 Å². The molecule has 0 radical (unpaired) electrons. The number of imidazole rings is 1. The second-order valence-corrected chi connectivity index (χ2v) is 8.17. The molecule has 1 aromatic carbocycles. The maximum Gasteiger partial charge on any atom is 0.272 e. The summed E-state index contributed by atoms with van der Waals surface area (Å²) < 4.78 is 1.92. The topological polar surface area (TPSA) is 58.4 Å². The van der Waals surface area contributed by atoms with Crippen molar-refractivity contribution in [3.8, 4) is 5.69 Å². The van der Waals surface area contributed by atoms with E-state index in [1.54, 1.807) is 6.20 Å². The van der Waals surface area contributed by atoms with Gasteiger partial charge in [0, 0.05) is 37.8 Å². The summed E-state index contributed by atoms with van der Waals surface area (Å²) in [6.07, 6.45) is 7.99. The number of piperazine rings is 1. The van der Waals surface area contributed by atoms with Crippen molar-refractivity contribution in [2.24, 2.45) is 5.92 Å². The number of hydrogen-bond acceptors (Lipinski definition) is 4. The molecule has 0 unspecified atom stereocenters. The molecule has 1 saturated heterocycles. The van der Waals surface area contributed by atoms with E-state index < -0.39 is 0 Å². The highest BCUT2D eigenvalue weighted by molar-refractivity contribution is 7.98. The van der Waals surface area contributed by atoms with E-state index in [1.807, 2.05) is 51.0 Å². The number of carbonyl (C=O) groups excluding carboxylic acids is 2. The Morgan fingerprint density at radius 1 is 1.00 bits per heavy atom. The van der Waals surface area contributed by atoms with Crippen LogP contribution in [-0.2, 0) is 4.79 Å². The molecule has 1 aliphatic heterocycles. The van der Waals surface area contributed by atoms with Crippen LogP contribution in [0.3, 0.4) is 0 Å². The Hall–Kier alpha value is -2.28. The minimum absolute atomic E-state index is 0.0235. The number of para-hydroxylation sites is 1. The molecule has 0 bridgehead atoms. The van der Waals surface area contributed by atoms with Crippen LogP contribution in [-0.4, -0.2) is 63.6 Å². The number of benzene rings is 1. The number of aromatic nitrogens is 2. The zero-order chi connectivity index (χ0) is 19.5. The molecule has 148 valence electrons. The summed E-state index contributed by atoms with van der Waals surface area (Å²) in [6.45, 7) is 2.39. The van der Waals surface area contributed by atoms with Crippen molar-refractivity contribution in [2.45, 2.75) is 30.8 Å². The van der Waals surface area contributed by atoms with Crippen LogP contribution in [0.5, 0.6) is 0 Å². The Bertz CT molecular complexity index is 837. The maximum atomic E-state index is 13.2. The predicted octanol–water partition coefficient (Wildman–Crippen LogP) is 3.07. The van der Waals surface area contributed by atoms with Gasteiger partial charge in [0.2, 0.25) is 5.91 Å². The molecule has 7 heteroatoms. The van der Waals surface area contributed by atoms with Gasteiger partial charge >= 0.3 is 0 Å². The third-order valence-electron chi connectivity index (χ3n) is 5.73. The van der Waals surface area contributed by atoms with Gasteiger partial charge < -0.3 is 9.80 Å². The van der Waals surface area contributed by atoms with Crippen LogP contribution >= 0.6 is 11.8 Å². The van der Waals surface area contributed by atoms with Crippen molar-refractivity contribution in [3.05, 3.63) is 42.2 Å². The molecule has 6 nitrogen and oxygen atoms in total. The van der Waals surface area contributed by atoms with Crippen molar-refractivity contribution < 1.29 is 9.59 Å². The van der Waals surface area contributed by atoms with Gasteiger partial charge in [0.05, 0.1) is 6.20 Å².